The molecule has 0 aliphatic carbocycles. The third-order valence-corrected chi connectivity index (χ3v) is 3.53. The van der Waals surface area contributed by atoms with Gasteiger partial charge in [0.25, 0.3) is 0 Å². The summed E-state index contributed by atoms with van der Waals surface area (Å²) in [5.41, 5.74) is -1.25. The molecular formula is C10H15O6P. The fourth-order valence-electron chi connectivity index (χ4n) is 1.30. The van der Waals surface area contributed by atoms with Crippen LogP contribution in [0.4, 0.5) is 0 Å². The number of hydrogen-bond acceptors (Lipinski definition) is 3. The minimum atomic E-state index is -4.38. The fourth-order valence-corrected chi connectivity index (χ4v) is 2.29. The van der Waals surface area contributed by atoms with Gasteiger partial charge in [0.2, 0.25) is 0 Å². The van der Waals surface area contributed by atoms with Crippen LogP contribution < -0.4 is 0 Å². The lowest BCUT2D eigenvalue weighted by Gasteiger charge is -2.14. The van der Waals surface area contributed by atoms with E-state index in [1.807, 2.05) is 5.92 Å². The summed E-state index contributed by atoms with van der Waals surface area (Å²) in [6, 6.07) is 0. The minimum absolute atomic E-state index is 0.0916. The molecule has 0 saturated carbocycles. The summed E-state index contributed by atoms with van der Waals surface area (Å²) in [4.78, 5) is 38.9. The van der Waals surface area contributed by atoms with Gasteiger partial charge in [-0.05, 0) is 19.8 Å². The first kappa shape index (κ1) is 15.9. The van der Waals surface area contributed by atoms with Gasteiger partial charge in [0, 0.05) is 12.3 Å². The molecule has 0 fully saturated rings. The quantitative estimate of drug-likeness (QED) is 0.370. The number of unbranched alkanes of at least 4 members (excludes halogenated alkanes) is 2. The number of rotatable bonds is 6. The first-order valence-corrected chi connectivity index (χ1v) is 6.70. The Kier molecular flexibility index (Phi) is 6.74. The van der Waals surface area contributed by atoms with Crippen LogP contribution in [-0.4, -0.2) is 32.3 Å². The van der Waals surface area contributed by atoms with Gasteiger partial charge in [-0.25, -0.2) is 4.79 Å². The average molecular weight is 262 g/mol. The topological polar surface area (TPSA) is 112 Å². The molecule has 0 saturated heterocycles. The fraction of sp³-hybridized carbons (Fsp3) is 0.600. The van der Waals surface area contributed by atoms with Crippen molar-refractivity contribution >= 4 is 19.3 Å². The predicted molar refractivity (Wildman–Crippen MR) is 60.4 cm³/mol. The Balaban J connectivity index is 4.03. The van der Waals surface area contributed by atoms with Crippen molar-refractivity contribution in [1.82, 2.24) is 0 Å². The number of carbonyl (C=O) groups excluding carboxylic acids is 1. The molecular weight excluding hydrogens is 247 g/mol. The van der Waals surface area contributed by atoms with E-state index in [1.54, 1.807) is 0 Å². The molecule has 0 aliphatic rings. The maximum Gasteiger partial charge on any atom is 0.381 e. The summed E-state index contributed by atoms with van der Waals surface area (Å²) < 4.78 is 11.0. The highest BCUT2D eigenvalue weighted by Crippen LogP contribution is 2.44. The highest BCUT2D eigenvalue weighted by molar-refractivity contribution is 7.53. The number of hydrogen-bond donors (Lipinski definition) is 3. The zero-order valence-corrected chi connectivity index (χ0v) is 10.3. The van der Waals surface area contributed by atoms with Gasteiger partial charge in [0.15, 0.2) is 0 Å². The van der Waals surface area contributed by atoms with Crippen molar-refractivity contribution in [1.29, 1.82) is 0 Å². The van der Waals surface area contributed by atoms with Crippen LogP contribution in [0, 0.1) is 11.8 Å². The molecule has 6 nitrogen and oxygen atoms in total. The lowest BCUT2D eigenvalue weighted by Crippen LogP contribution is -2.17. The van der Waals surface area contributed by atoms with Gasteiger partial charge in [0.1, 0.15) is 11.4 Å². The molecule has 0 bridgehead atoms. The highest BCUT2D eigenvalue weighted by Gasteiger charge is 2.31. The van der Waals surface area contributed by atoms with E-state index in [0.29, 0.717) is 19.3 Å². The number of carboxylic acids is 1. The average Bonchev–Trinajstić information content (AvgIpc) is 2.13. The molecule has 3 N–H and O–H groups in total. The molecule has 0 aromatic rings. The first-order valence-electron chi connectivity index (χ1n) is 5.02. The minimum Gasteiger partial charge on any atom is -0.472 e. The first-order chi connectivity index (χ1) is 7.75. The Bertz CT molecular complexity index is 385. The second kappa shape index (κ2) is 7.23. The number of Topliss-reactive ketones (excluding diaryl/α,β-unsaturated/α-hetero) is 1. The van der Waals surface area contributed by atoms with Crippen molar-refractivity contribution in [2.24, 2.45) is 0 Å². The standard InChI is InChI=1S/C10H15O6P/c1-8(11)9(17(14,15)16)6-4-2-3-5-7-10(12)13/h9H,2-4,6H2,1H3,(H,12,13)(H2,14,15,16). The summed E-state index contributed by atoms with van der Waals surface area (Å²) in [5, 5.41) is 8.22. The lowest BCUT2D eigenvalue weighted by atomic mass is 10.1. The summed E-state index contributed by atoms with van der Waals surface area (Å²) in [5.74, 6) is 2.59. The Morgan fingerprint density at radius 2 is 1.88 bits per heavy atom. The number of carbonyl (C=O) groups is 2. The van der Waals surface area contributed by atoms with E-state index < -0.39 is 25.0 Å². The van der Waals surface area contributed by atoms with E-state index in [1.165, 1.54) is 0 Å². The van der Waals surface area contributed by atoms with Gasteiger partial charge >= 0.3 is 13.6 Å². The molecule has 0 aromatic carbocycles. The molecule has 0 heterocycles. The van der Waals surface area contributed by atoms with Crippen molar-refractivity contribution in [3.05, 3.63) is 0 Å². The van der Waals surface area contributed by atoms with E-state index in [2.05, 4.69) is 5.92 Å². The number of aliphatic carboxylic acids is 1. The van der Waals surface area contributed by atoms with Crippen molar-refractivity contribution in [2.45, 2.75) is 38.3 Å². The second-order valence-electron chi connectivity index (χ2n) is 3.57. The van der Waals surface area contributed by atoms with E-state index in [4.69, 9.17) is 14.9 Å². The van der Waals surface area contributed by atoms with Crippen molar-refractivity contribution in [3.63, 3.8) is 0 Å². The number of carboxylic acid groups (broad SMARTS) is 1. The molecule has 0 rings (SSSR count). The maximum atomic E-state index is 11.0. The zero-order chi connectivity index (χ0) is 13.5. The van der Waals surface area contributed by atoms with Gasteiger partial charge in [-0.2, -0.15) is 0 Å². The van der Waals surface area contributed by atoms with Crippen LogP contribution in [0.5, 0.6) is 0 Å². The van der Waals surface area contributed by atoms with Crippen LogP contribution in [0.1, 0.15) is 32.6 Å². The van der Waals surface area contributed by atoms with E-state index in [9.17, 15) is 14.2 Å². The van der Waals surface area contributed by atoms with Crippen LogP contribution in [-0.2, 0) is 14.2 Å². The lowest BCUT2D eigenvalue weighted by molar-refractivity contribution is -0.130. The van der Waals surface area contributed by atoms with Crippen LogP contribution >= 0.6 is 7.60 Å². The predicted octanol–water partition coefficient (Wildman–Crippen LogP) is 0.770. The largest absolute Gasteiger partial charge is 0.472 e. The van der Waals surface area contributed by atoms with Crippen molar-refractivity contribution in [3.8, 4) is 11.8 Å². The molecule has 0 aromatic heterocycles. The molecule has 7 heteroatoms. The summed E-state index contributed by atoms with van der Waals surface area (Å²) >= 11 is 0. The third kappa shape index (κ3) is 7.70. The van der Waals surface area contributed by atoms with Crippen molar-refractivity contribution < 1.29 is 29.0 Å². The Morgan fingerprint density at radius 3 is 2.29 bits per heavy atom. The molecule has 0 amide bonds. The SMILES string of the molecule is CC(=O)C(CCCCC#CC(=O)O)P(=O)(O)O. The van der Waals surface area contributed by atoms with E-state index >= 15 is 0 Å². The Morgan fingerprint density at radius 1 is 1.29 bits per heavy atom. The smallest absolute Gasteiger partial charge is 0.381 e. The van der Waals surface area contributed by atoms with Crippen LogP contribution in [0.3, 0.4) is 0 Å². The van der Waals surface area contributed by atoms with Gasteiger partial charge in [-0.1, -0.05) is 12.3 Å². The molecule has 1 unspecified atom stereocenters. The van der Waals surface area contributed by atoms with Gasteiger partial charge in [0.05, 0.1) is 0 Å². The van der Waals surface area contributed by atoms with Gasteiger partial charge in [-0.15, -0.1) is 0 Å². The molecule has 0 aliphatic heterocycles. The van der Waals surface area contributed by atoms with Crippen LogP contribution in [0.2, 0.25) is 0 Å². The molecule has 96 valence electrons. The van der Waals surface area contributed by atoms with E-state index in [-0.39, 0.29) is 6.42 Å². The van der Waals surface area contributed by atoms with Crippen LogP contribution in [0.25, 0.3) is 0 Å². The zero-order valence-electron chi connectivity index (χ0n) is 9.42. The normalized spacial score (nSPS) is 12.4. The Labute approximate surface area is 99.2 Å². The van der Waals surface area contributed by atoms with Crippen LogP contribution in [0.15, 0.2) is 0 Å². The molecule has 0 spiro atoms. The second-order valence-corrected chi connectivity index (χ2v) is 5.37. The summed E-state index contributed by atoms with van der Waals surface area (Å²) in [6.45, 7) is 1.15. The number of ketones is 1. The maximum absolute atomic E-state index is 11.0. The highest BCUT2D eigenvalue weighted by atomic mass is 31.2. The monoisotopic (exact) mass is 262 g/mol. The molecule has 1 atom stereocenters. The molecule has 0 radical (unpaired) electrons. The summed E-state index contributed by atoms with van der Waals surface area (Å²) in [7, 11) is -4.38. The van der Waals surface area contributed by atoms with Gasteiger partial charge in [-0.3, -0.25) is 9.36 Å². The van der Waals surface area contributed by atoms with Gasteiger partial charge < -0.3 is 14.9 Å². The third-order valence-electron chi connectivity index (χ3n) is 2.10. The van der Waals surface area contributed by atoms with Crippen molar-refractivity contribution in [2.75, 3.05) is 0 Å². The summed E-state index contributed by atoms with van der Waals surface area (Å²) in [6.07, 6.45) is 1.35. The molecule has 17 heavy (non-hydrogen) atoms. The Hall–Kier alpha value is -1.15. The van der Waals surface area contributed by atoms with E-state index in [0.717, 1.165) is 6.92 Å².